The van der Waals surface area contributed by atoms with Crippen LogP contribution < -0.4 is 10.6 Å². The standard InChI is InChI=1S/C20H19N3O3S2/c1-11(2)26-18(25)14-7-8-15-16(10-14)28-20(21-15)23-19(27)22-17(24)13-6-4-5-12(3)9-13/h4-11H,1-3H3,(H2,21,22,23,24,27). The van der Waals surface area contributed by atoms with Gasteiger partial charge in [0.2, 0.25) is 0 Å². The maximum atomic E-state index is 12.3. The van der Waals surface area contributed by atoms with Crippen molar-refractivity contribution >= 4 is 55.9 Å². The van der Waals surface area contributed by atoms with Crippen molar-refractivity contribution in [2.75, 3.05) is 5.32 Å². The number of nitrogens with one attached hydrogen (secondary N) is 2. The number of aromatic nitrogens is 1. The molecule has 0 radical (unpaired) electrons. The van der Waals surface area contributed by atoms with Crippen LogP contribution in [0.3, 0.4) is 0 Å². The molecule has 6 nitrogen and oxygen atoms in total. The smallest absolute Gasteiger partial charge is 0.338 e. The Bertz CT molecular complexity index is 1060. The third-order valence-corrected chi connectivity index (χ3v) is 4.83. The van der Waals surface area contributed by atoms with E-state index in [0.29, 0.717) is 16.3 Å². The largest absolute Gasteiger partial charge is 0.459 e. The average molecular weight is 414 g/mol. The molecule has 28 heavy (non-hydrogen) atoms. The second kappa shape index (κ2) is 8.45. The Kier molecular flexibility index (Phi) is 6.01. The molecule has 0 saturated heterocycles. The van der Waals surface area contributed by atoms with Crippen molar-refractivity contribution in [3.05, 3.63) is 59.2 Å². The van der Waals surface area contributed by atoms with Gasteiger partial charge < -0.3 is 10.1 Å². The molecule has 0 aliphatic heterocycles. The Morgan fingerprint density at radius 3 is 2.64 bits per heavy atom. The lowest BCUT2D eigenvalue weighted by atomic mass is 10.1. The first-order chi connectivity index (χ1) is 13.3. The summed E-state index contributed by atoms with van der Waals surface area (Å²) < 4.78 is 6.03. The van der Waals surface area contributed by atoms with Crippen LogP contribution >= 0.6 is 23.6 Å². The molecule has 0 saturated carbocycles. The molecule has 0 spiro atoms. The number of benzene rings is 2. The average Bonchev–Trinajstić information content (AvgIpc) is 3.02. The van der Waals surface area contributed by atoms with Crippen LogP contribution in [0.4, 0.5) is 5.13 Å². The van der Waals surface area contributed by atoms with Crippen molar-refractivity contribution in [1.82, 2.24) is 10.3 Å². The summed E-state index contributed by atoms with van der Waals surface area (Å²) in [6.07, 6.45) is -0.184. The highest BCUT2D eigenvalue weighted by molar-refractivity contribution is 7.80. The molecule has 0 bridgehead atoms. The summed E-state index contributed by atoms with van der Waals surface area (Å²) in [5, 5.41) is 6.24. The van der Waals surface area contributed by atoms with Crippen LogP contribution in [0.5, 0.6) is 0 Å². The predicted molar refractivity (Wildman–Crippen MR) is 115 cm³/mol. The van der Waals surface area contributed by atoms with Gasteiger partial charge in [-0.1, -0.05) is 29.0 Å². The number of nitrogens with zero attached hydrogens (tertiary/aromatic N) is 1. The van der Waals surface area contributed by atoms with Crippen molar-refractivity contribution in [2.24, 2.45) is 0 Å². The van der Waals surface area contributed by atoms with Gasteiger partial charge >= 0.3 is 5.97 Å². The Hall–Kier alpha value is -2.84. The fourth-order valence-corrected chi connectivity index (χ4v) is 3.64. The van der Waals surface area contributed by atoms with Gasteiger partial charge in [0, 0.05) is 5.56 Å². The normalized spacial score (nSPS) is 10.7. The molecule has 1 amide bonds. The molecule has 2 N–H and O–H groups in total. The van der Waals surface area contributed by atoms with Gasteiger partial charge in [0.15, 0.2) is 10.2 Å². The lowest BCUT2D eigenvalue weighted by Gasteiger charge is -2.07. The highest BCUT2D eigenvalue weighted by atomic mass is 32.1. The molecule has 2 aromatic carbocycles. The lowest BCUT2D eigenvalue weighted by Crippen LogP contribution is -2.34. The number of carbonyl (C=O) groups excluding carboxylic acids is 2. The van der Waals surface area contributed by atoms with E-state index in [4.69, 9.17) is 17.0 Å². The van der Waals surface area contributed by atoms with Crippen LogP contribution in [-0.4, -0.2) is 28.1 Å². The van der Waals surface area contributed by atoms with E-state index in [0.717, 1.165) is 15.8 Å². The number of hydrogen-bond acceptors (Lipinski definition) is 6. The number of amides is 1. The molecule has 3 rings (SSSR count). The van der Waals surface area contributed by atoms with Crippen LogP contribution in [0.25, 0.3) is 10.2 Å². The first kappa shape index (κ1) is 19.9. The molecular formula is C20H19N3O3S2. The zero-order valence-corrected chi connectivity index (χ0v) is 17.2. The van der Waals surface area contributed by atoms with Crippen LogP contribution in [0.1, 0.15) is 40.1 Å². The van der Waals surface area contributed by atoms with E-state index < -0.39 is 0 Å². The van der Waals surface area contributed by atoms with Crippen LogP contribution in [0, 0.1) is 6.92 Å². The predicted octanol–water partition coefficient (Wildman–Crippen LogP) is 4.30. The minimum Gasteiger partial charge on any atom is -0.459 e. The Morgan fingerprint density at radius 2 is 1.93 bits per heavy atom. The summed E-state index contributed by atoms with van der Waals surface area (Å²) in [6.45, 7) is 5.52. The van der Waals surface area contributed by atoms with E-state index in [1.165, 1.54) is 11.3 Å². The molecule has 0 aliphatic rings. The van der Waals surface area contributed by atoms with Gasteiger partial charge in [-0.15, -0.1) is 0 Å². The quantitative estimate of drug-likeness (QED) is 0.490. The second-order valence-corrected chi connectivity index (χ2v) is 7.87. The van der Waals surface area contributed by atoms with Crippen molar-refractivity contribution < 1.29 is 14.3 Å². The van der Waals surface area contributed by atoms with E-state index in [2.05, 4.69) is 15.6 Å². The van der Waals surface area contributed by atoms with Crippen LogP contribution in [0.2, 0.25) is 0 Å². The summed E-state index contributed by atoms with van der Waals surface area (Å²) >= 11 is 6.55. The first-order valence-electron chi connectivity index (χ1n) is 8.62. The summed E-state index contributed by atoms with van der Waals surface area (Å²) in [5.74, 6) is -0.665. The SMILES string of the molecule is Cc1cccc(C(=O)NC(=S)Nc2nc3ccc(C(=O)OC(C)C)cc3s2)c1. The van der Waals surface area contributed by atoms with Crippen molar-refractivity contribution in [3.63, 3.8) is 0 Å². The van der Waals surface area contributed by atoms with Crippen LogP contribution in [0.15, 0.2) is 42.5 Å². The van der Waals surface area contributed by atoms with Gasteiger partial charge in [-0.3, -0.25) is 10.1 Å². The van der Waals surface area contributed by atoms with Gasteiger partial charge in [-0.25, -0.2) is 9.78 Å². The van der Waals surface area contributed by atoms with E-state index in [1.54, 1.807) is 44.2 Å². The van der Waals surface area contributed by atoms with Gasteiger partial charge in [0.25, 0.3) is 5.91 Å². The van der Waals surface area contributed by atoms with Gasteiger partial charge in [-0.05, 0) is 63.3 Å². The number of thiocarbonyl (C=S) groups is 1. The van der Waals surface area contributed by atoms with Crippen molar-refractivity contribution in [1.29, 1.82) is 0 Å². The molecule has 0 aliphatic carbocycles. The number of carbonyl (C=O) groups is 2. The number of fused-ring (bicyclic) bond motifs is 1. The number of rotatable bonds is 4. The van der Waals surface area contributed by atoms with Crippen LogP contribution in [-0.2, 0) is 4.74 Å². The maximum Gasteiger partial charge on any atom is 0.338 e. The summed E-state index contributed by atoms with van der Waals surface area (Å²) in [7, 11) is 0. The van der Waals surface area contributed by atoms with E-state index in [1.807, 2.05) is 19.1 Å². The monoisotopic (exact) mass is 413 g/mol. The zero-order valence-electron chi connectivity index (χ0n) is 15.6. The van der Waals surface area contributed by atoms with Gasteiger partial charge in [0.05, 0.1) is 21.9 Å². The third-order valence-electron chi connectivity index (χ3n) is 3.69. The molecule has 8 heteroatoms. The topological polar surface area (TPSA) is 80.3 Å². The zero-order chi connectivity index (χ0) is 20.3. The highest BCUT2D eigenvalue weighted by Crippen LogP contribution is 2.27. The minimum absolute atomic E-state index is 0.157. The lowest BCUT2D eigenvalue weighted by molar-refractivity contribution is 0.0378. The fraction of sp³-hybridized carbons (Fsp3) is 0.200. The summed E-state index contributed by atoms with van der Waals surface area (Å²) in [5.41, 5.74) is 2.71. The van der Waals surface area contributed by atoms with E-state index in [9.17, 15) is 9.59 Å². The van der Waals surface area contributed by atoms with E-state index >= 15 is 0 Å². The first-order valence-corrected chi connectivity index (χ1v) is 9.85. The molecule has 1 heterocycles. The molecule has 0 fully saturated rings. The molecule has 0 atom stereocenters. The molecule has 3 aromatic rings. The third kappa shape index (κ3) is 4.90. The van der Waals surface area contributed by atoms with Gasteiger partial charge in [0.1, 0.15) is 0 Å². The van der Waals surface area contributed by atoms with Gasteiger partial charge in [-0.2, -0.15) is 0 Å². The molecule has 144 valence electrons. The molecule has 0 unspecified atom stereocenters. The fourth-order valence-electron chi connectivity index (χ4n) is 2.48. The van der Waals surface area contributed by atoms with Crippen molar-refractivity contribution in [2.45, 2.75) is 26.9 Å². The second-order valence-electron chi connectivity index (χ2n) is 6.43. The highest BCUT2D eigenvalue weighted by Gasteiger charge is 2.13. The number of anilines is 1. The number of aryl methyl sites for hydroxylation is 1. The minimum atomic E-state index is -0.374. The number of esters is 1. The number of ether oxygens (including phenoxy) is 1. The van der Waals surface area contributed by atoms with E-state index in [-0.39, 0.29) is 23.1 Å². The number of hydrogen-bond donors (Lipinski definition) is 2. The Balaban J connectivity index is 1.69. The maximum absolute atomic E-state index is 12.3. The summed E-state index contributed by atoms with van der Waals surface area (Å²) in [4.78, 5) is 28.7. The Morgan fingerprint density at radius 1 is 1.14 bits per heavy atom. The summed E-state index contributed by atoms with van der Waals surface area (Å²) in [6, 6.07) is 12.4. The van der Waals surface area contributed by atoms with Crippen molar-refractivity contribution in [3.8, 4) is 0 Å². The molecular weight excluding hydrogens is 394 g/mol. The Labute approximate surface area is 171 Å². The molecule has 1 aromatic heterocycles. The number of thiazole rings is 1.